The Labute approximate surface area is 108 Å². The van der Waals surface area contributed by atoms with Crippen molar-refractivity contribution in [2.24, 2.45) is 0 Å². The lowest BCUT2D eigenvalue weighted by Crippen LogP contribution is -2.54. The highest BCUT2D eigenvalue weighted by Crippen LogP contribution is 2.30. The molecule has 0 radical (unpaired) electrons. The fourth-order valence-corrected chi connectivity index (χ4v) is 2.35. The number of nitrogens with zero attached hydrogens (tertiary/aromatic N) is 1. The van der Waals surface area contributed by atoms with Gasteiger partial charge in [0.2, 0.25) is 0 Å². The first-order valence-electron chi connectivity index (χ1n) is 6.28. The monoisotopic (exact) mass is 248 g/mol. The van der Waals surface area contributed by atoms with E-state index in [1.807, 2.05) is 37.4 Å². The lowest BCUT2D eigenvalue weighted by atomic mass is 9.89. The van der Waals surface area contributed by atoms with Crippen LogP contribution in [-0.4, -0.2) is 42.7 Å². The van der Waals surface area contributed by atoms with Gasteiger partial charge in [0.1, 0.15) is 0 Å². The third-order valence-electron chi connectivity index (χ3n) is 3.72. The van der Waals surface area contributed by atoms with Gasteiger partial charge < -0.3 is 15.3 Å². The summed E-state index contributed by atoms with van der Waals surface area (Å²) in [6, 6.07) is 9.93. The number of hydrogen-bond donors (Lipinski definition) is 2. The standard InChI is InChI=1S/C14H20N2O2/c1-15-14(13(17)18,10-16(2)12-8-9-12)11-6-4-3-5-7-11/h3-7,12,15H,8-10H2,1-2H3,(H,17,18). The van der Waals surface area contributed by atoms with E-state index in [2.05, 4.69) is 10.2 Å². The summed E-state index contributed by atoms with van der Waals surface area (Å²) in [5, 5.41) is 12.6. The first-order chi connectivity index (χ1) is 8.60. The van der Waals surface area contributed by atoms with Crippen molar-refractivity contribution < 1.29 is 9.90 Å². The van der Waals surface area contributed by atoms with E-state index in [9.17, 15) is 9.90 Å². The zero-order chi connectivity index (χ0) is 13.2. The molecule has 0 heterocycles. The van der Waals surface area contributed by atoms with Gasteiger partial charge >= 0.3 is 5.97 Å². The average Bonchev–Trinajstić information content (AvgIpc) is 3.20. The maximum absolute atomic E-state index is 11.7. The minimum Gasteiger partial charge on any atom is -0.480 e. The fourth-order valence-electron chi connectivity index (χ4n) is 2.35. The second kappa shape index (κ2) is 5.08. The maximum Gasteiger partial charge on any atom is 0.329 e. The van der Waals surface area contributed by atoms with Gasteiger partial charge in [-0.25, -0.2) is 4.79 Å². The van der Waals surface area contributed by atoms with Crippen LogP contribution in [0.5, 0.6) is 0 Å². The molecule has 1 unspecified atom stereocenters. The van der Waals surface area contributed by atoms with E-state index < -0.39 is 11.5 Å². The second-order valence-corrected chi connectivity index (χ2v) is 4.97. The van der Waals surface area contributed by atoms with Crippen LogP contribution in [0.3, 0.4) is 0 Å². The Morgan fingerprint density at radius 2 is 2.06 bits per heavy atom. The van der Waals surface area contributed by atoms with Crippen molar-refractivity contribution in [1.82, 2.24) is 10.2 Å². The Balaban J connectivity index is 2.30. The summed E-state index contributed by atoms with van der Waals surface area (Å²) < 4.78 is 0. The van der Waals surface area contributed by atoms with Crippen molar-refractivity contribution in [2.45, 2.75) is 24.4 Å². The summed E-state index contributed by atoms with van der Waals surface area (Å²) >= 11 is 0. The minimum absolute atomic E-state index is 0.480. The SMILES string of the molecule is CNC(CN(C)C1CC1)(C(=O)O)c1ccccc1. The Morgan fingerprint density at radius 3 is 2.50 bits per heavy atom. The zero-order valence-electron chi connectivity index (χ0n) is 10.9. The van der Waals surface area contributed by atoms with Gasteiger partial charge in [-0.2, -0.15) is 0 Å². The van der Waals surface area contributed by atoms with Crippen LogP contribution < -0.4 is 5.32 Å². The first-order valence-corrected chi connectivity index (χ1v) is 6.28. The second-order valence-electron chi connectivity index (χ2n) is 4.97. The molecule has 1 aliphatic rings. The van der Waals surface area contributed by atoms with Gasteiger partial charge in [0.25, 0.3) is 0 Å². The molecule has 0 spiro atoms. The van der Waals surface area contributed by atoms with Crippen LogP contribution in [0, 0.1) is 0 Å². The highest BCUT2D eigenvalue weighted by atomic mass is 16.4. The van der Waals surface area contributed by atoms with Gasteiger partial charge in [-0.1, -0.05) is 30.3 Å². The summed E-state index contributed by atoms with van der Waals surface area (Å²) in [5.74, 6) is -0.830. The molecule has 0 bridgehead atoms. The molecule has 4 heteroatoms. The normalized spacial score (nSPS) is 18.6. The fraction of sp³-hybridized carbons (Fsp3) is 0.500. The summed E-state index contributed by atoms with van der Waals surface area (Å²) in [5.41, 5.74) is -0.231. The minimum atomic E-state index is -1.03. The number of likely N-dealkylation sites (N-methyl/N-ethyl adjacent to an activating group) is 2. The molecular weight excluding hydrogens is 228 g/mol. The van der Waals surface area contributed by atoms with E-state index in [-0.39, 0.29) is 0 Å². The number of benzene rings is 1. The molecule has 1 aromatic carbocycles. The largest absolute Gasteiger partial charge is 0.480 e. The Hall–Kier alpha value is -1.39. The van der Waals surface area contributed by atoms with Crippen molar-refractivity contribution in [1.29, 1.82) is 0 Å². The van der Waals surface area contributed by atoms with E-state index >= 15 is 0 Å². The number of carboxylic acids is 1. The summed E-state index contributed by atoms with van der Waals surface area (Å²) in [6.45, 7) is 0.480. The molecule has 1 saturated carbocycles. The van der Waals surface area contributed by atoms with Crippen LogP contribution in [-0.2, 0) is 10.3 Å². The van der Waals surface area contributed by atoms with Crippen molar-refractivity contribution >= 4 is 5.97 Å². The van der Waals surface area contributed by atoms with Gasteiger partial charge in [-0.15, -0.1) is 0 Å². The Kier molecular flexibility index (Phi) is 3.68. The molecule has 2 rings (SSSR count). The molecule has 1 atom stereocenters. The molecule has 0 aromatic heterocycles. The molecule has 98 valence electrons. The van der Waals surface area contributed by atoms with Gasteiger partial charge in [-0.3, -0.25) is 0 Å². The van der Waals surface area contributed by atoms with Crippen molar-refractivity contribution in [2.75, 3.05) is 20.6 Å². The Morgan fingerprint density at radius 1 is 1.44 bits per heavy atom. The molecule has 1 aliphatic carbocycles. The molecule has 0 amide bonds. The third kappa shape index (κ3) is 2.40. The molecule has 4 nitrogen and oxygen atoms in total. The van der Waals surface area contributed by atoms with E-state index in [1.165, 1.54) is 12.8 Å². The van der Waals surface area contributed by atoms with Gasteiger partial charge in [0.05, 0.1) is 0 Å². The predicted octanol–water partition coefficient (Wildman–Crippen LogP) is 1.28. The van der Waals surface area contributed by atoms with Gasteiger partial charge in [0.15, 0.2) is 5.54 Å². The maximum atomic E-state index is 11.7. The molecule has 18 heavy (non-hydrogen) atoms. The van der Waals surface area contributed by atoms with Crippen LogP contribution in [0.4, 0.5) is 0 Å². The predicted molar refractivity (Wildman–Crippen MR) is 70.5 cm³/mol. The number of carbonyl (C=O) groups is 1. The van der Waals surface area contributed by atoms with Crippen LogP contribution in [0.2, 0.25) is 0 Å². The van der Waals surface area contributed by atoms with Crippen LogP contribution >= 0.6 is 0 Å². The summed E-state index contributed by atoms with van der Waals surface area (Å²) in [7, 11) is 3.71. The van der Waals surface area contributed by atoms with Crippen molar-refractivity contribution in [3.63, 3.8) is 0 Å². The van der Waals surface area contributed by atoms with E-state index in [4.69, 9.17) is 0 Å². The van der Waals surface area contributed by atoms with Crippen LogP contribution in [0.25, 0.3) is 0 Å². The molecule has 1 aromatic rings. The van der Waals surface area contributed by atoms with Crippen molar-refractivity contribution in [3.8, 4) is 0 Å². The lowest BCUT2D eigenvalue weighted by molar-refractivity contribution is -0.146. The van der Waals surface area contributed by atoms with Crippen LogP contribution in [0.1, 0.15) is 18.4 Å². The molecule has 2 N–H and O–H groups in total. The highest BCUT2D eigenvalue weighted by molar-refractivity contribution is 5.81. The van der Waals surface area contributed by atoms with E-state index in [1.54, 1.807) is 7.05 Å². The van der Waals surface area contributed by atoms with E-state index in [0.29, 0.717) is 12.6 Å². The number of aliphatic carboxylic acids is 1. The highest BCUT2D eigenvalue weighted by Gasteiger charge is 2.42. The average molecular weight is 248 g/mol. The van der Waals surface area contributed by atoms with Gasteiger partial charge in [-0.05, 0) is 32.5 Å². The Bertz CT molecular complexity index is 417. The van der Waals surface area contributed by atoms with E-state index in [0.717, 1.165) is 5.56 Å². The molecule has 0 saturated heterocycles. The number of nitrogens with one attached hydrogen (secondary N) is 1. The van der Waals surface area contributed by atoms with Crippen LogP contribution in [0.15, 0.2) is 30.3 Å². The smallest absolute Gasteiger partial charge is 0.329 e. The van der Waals surface area contributed by atoms with Crippen molar-refractivity contribution in [3.05, 3.63) is 35.9 Å². The summed E-state index contributed by atoms with van der Waals surface area (Å²) in [4.78, 5) is 13.9. The number of carboxylic acid groups (broad SMARTS) is 1. The zero-order valence-corrected chi connectivity index (χ0v) is 10.9. The topological polar surface area (TPSA) is 52.6 Å². The number of rotatable bonds is 6. The quantitative estimate of drug-likeness (QED) is 0.796. The lowest BCUT2D eigenvalue weighted by Gasteiger charge is -2.33. The summed E-state index contributed by atoms with van der Waals surface area (Å²) in [6.07, 6.45) is 2.34. The van der Waals surface area contributed by atoms with Gasteiger partial charge in [0, 0.05) is 12.6 Å². The number of hydrogen-bond acceptors (Lipinski definition) is 3. The first kappa shape index (κ1) is 13.1. The third-order valence-corrected chi connectivity index (χ3v) is 3.72. The molecule has 1 fully saturated rings. The molecular formula is C14H20N2O2. The molecule has 0 aliphatic heterocycles.